The average Bonchev–Trinajstić information content (AvgIpc) is 2.78. The number of nitrogens with one attached hydrogen (secondary N) is 2. The summed E-state index contributed by atoms with van der Waals surface area (Å²) < 4.78 is 10.4. The lowest BCUT2D eigenvalue weighted by Gasteiger charge is -2.38. The largest absolute Gasteiger partial charge is 0.481 e. The summed E-state index contributed by atoms with van der Waals surface area (Å²) in [6, 6.07) is 8.17. The van der Waals surface area contributed by atoms with E-state index in [-0.39, 0.29) is 11.9 Å². The third kappa shape index (κ3) is 4.29. The number of rotatable bonds is 5. The van der Waals surface area contributed by atoms with Crippen LogP contribution in [0.3, 0.4) is 0 Å². The van der Waals surface area contributed by atoms with Gasteiger partial charge in [-0.05, 0) is 39.0 Å². The molecule has 1 aliphatic rings. The number of hydrogen-bond acceptors (Lipinski definition) is 8. The summed E-state index contributed by atoms with van der Waals surface area (Å²) in [5.74, 6) is 0.215. The van der Waals surface area contributed by atoms with Gasteiger partial charge in [0.05, 0.1) is 36.7 Å². The Kier molecular flexibility index (Phi) is 6.09. The van der Waals surface area contributed by atoms with Crippen LogP contribution in [-0.4, -0.2) is 60.3 Å². The highest BCUT2D eigenvalue weighted by molar-refractivity contribution is 6.14. The van der Waals surface area contributed by atoms with E-state index in [1.807, 2.05) is 19.1 Å². The number of pyridine rings is 1. The molecule has 1 saturated heterocycles. The van der Waals surface area contributed by atoms with Crippen molar-refractivity contribution in [1.82, 2.24) is 20.3 Å². The van der Waals surface area contributed by atoms with E-state index in [1.54, 1.807) is 25.4 Å². The summed E-state index contributed by atoms with van der Waals surface area (Å²) in [6.07, 6.45) is 1.73. The van der Waals surface area contributed by atoms with Gasteiger partial charge in [-0.15, -0.1) is 0 Å². The van der Waals surface area contributed by atoms with Gasteiger partial charge in [0.2, 0.25) is 5.88 Å². The smallest absolute Gasteiger partial charge is 0.316 e. The maximum Gasteiger partial charge on any atom is 0.316 e. The molecular formula is C23H28N6O3. The van der Waals surface area contributed by atoms with Crippen molar-refractivity contribution in [3.05, 3.63) is 41.7 Å². The summed E-state index contributed by atoms with van der Waals surface area (Å²) in [6.45, 7) is 7.85. The van der Waals surface area contributed by atoms with Gasteiger partial charge >= 0.3 is 6.01 Å². The fraction of sp³-hybridized carbons (Fsp3) is 0.391. The fourth-order valence-electron chi connectivity index (χ4n) is 4.14. The predicted molar refractivity (Wildman–Crippen MR) is 124 cm³/mol. The number of aryl methyl sites for hydroxylation is 1. The zero-order valence-electron chi connectivity index (χ0n) is 19.0. The molecule has 0 radical (unpaired) electrons. The summed E-state index contributed by atoms with van der Waals surface area (Å²) >= 11 is 0. The molecule has 0 spiro atoms. The van der Waals surface area contributed by atoms with Crippen LogP contribution in [0.5, 0.6) is 11.9 Å². The molecule has 2 aromatic heterocycles. The van der Waals surface area contributed by atoms with E-state index >= 15 is 0 Å². The van der Waals surface area contributed by atoms with E-state index in [9.17, 15) is 4.79 Å². The first-order valence-corrected chi connectivity index (χ1v) is 10.6. The molecule has 0 bridgehead atoms. The minimum atomic E-state index is -0.278. The second kappa shape index (κ2) is 8.96. The third-order valence-electron chi connectivity index (χ3n) is 5.55. The number of anilines is 2. The third-order valence-corrected chi connectivity index (χ3v) is 5.55. The van der Waals surface area contributed by atoms with Crippen molar-refractivity contribution in [3.8, 4) is 11.9 Å². The predicted octanol–water partition coefficient (Wildman–Crippen LogP) is 2.79. The van der Waals surface area contributed by atoms with Gasteiger partial charge in [-0.1, -0.05) is 0 Å². The van der Waals surface area contributed by atoms with E-state index in [2.05, 4.69) is 44.3 Å². The minimum absolute atomic E-state index is 0.216. The minimum Gasteiger partial charge on any atom is -0.481 e. The van der Waals surface area contributed by atoms with Crippen molar-refractivity contribution in [3.63, 3.8) is 0 Å². The van der Waals surface area contributed by atoms with Gasteiger partial charge < -0.3 is 25.0 Å². The van der Waals surface area contributed by atoms with Crippen LogP contribution in [0, 0.1) is 6.92 Å². The topological polar surface area (TPSA) is 102 Å². The maximum atomic E-state index is 13.2. The number of nitrogens with zero attached hydrogens (tertiary/aromatic N) is 4. The number of fused-ring (bicyclic) bond motifs is 1. The van der Waals surface area contributed by atoms with Crippen molar-refractivity contribution in [1.29, 1.82) is 0 Å². The molecule has 32 heavy (non-hydrogen) atoms. The number of carbonyl (C=O) groups is 1. The number of benzene rings is 1. The van der Waals surface area contributed by atoms with Gasteiger partial charge in [-0.3, -0.25) is 4.79 Å². The number of amides is 1. The number of hydrogen-bond donors (Lipinski definition) is 2. The van der Waals surface area contributed by atoms with Crippen LogP contribution in [0.1, 0.15) is 29.9 Å². The number of piperazine rings is 1. The Morgan fingerprint density at radius 2 is 1.84 bits per heavy atom. The molecule has 2 unspecified atom stereocenters. The molecular weight excluding hydrogens is 408 g/mol. The van der Waals surface area contributed by atoms with Gasteiger partial charge in [-0.25, -0.2) is 9.97 Å². The second-order valence-corrected chi connectivity index (χ2v) is 8.07. The highest BCUT2D eigenvalue weighted by Gasteiger charge is 2.24. The molecule has 9 nitrogen and oxygen atoms in total. The van der Waals surface area contributed by atoms with Crippen LogP contribution in [0.15, 0.2) is 30.5 Å². The van der Waals surface area contributed by atoms with E-state index < -0.39 is 0 Å². The highest BCUT2D eigenvalue weighted by atomic mass is 16.5. The van der Waals surface area contributed by atoms with Crippen molar-refractivity contribution in [2.75, 3.05) is 37.5 Å². The quantitative estimate of drug-likeness (QED) is 0.630. The van der Waals surface area contributed by atoms with Crippen molar-refractivity contribution < 1.29 is 14.3 Å². The van der Waals surface area contributed by atoms with Gasteiger partial charge in [0, 0.05) is 48.5 Å². The lowest BCUT2D eigenvalue weighted by molar-refractivity contribution is 0.102. The van der Waals surface area contributed by atoms with E-state index in [0.717, 1.165) is 24.2 Å². The van der Waals surface area contributed by atoms with Crippen molar-refractivity contribution in [2.45, 2.75) is 32.9 Å². The molecule has 4 rings (SSSR count). The Morgan fingerprint density at radius 1 is 1.09 bits per heavy atom. The lowest BCUT2D eigenvalue weighted by Crippen LogP contribution is -2.54. The molecule has 9 heteroatoms. The molecule has 2 N–H and O–H groups in total. The normalized spacial score (nSPS) is 18.5. The van der Waals surface area contributed by atoms with Crippen LogP contribution in [0.2, 0.25) is 0 Å². The molecule has 0 aliphatic carbocycles. The number of ether oxygens (including phenoxy) is 2. The number of methoxy groups -OCH3 is 2. The molecule has 2 atom stereocenters. The van der Waals surface area contributed by atoms with Gasteiger partial charge in [0.25, 0.3) is 5.91 Å². The molecule has 168 valence electrons. The lowest BCUT2D eigenvalue weighted by atomic mass is 10.0. The van der Waals surface area contributed by atoms with Gasteiger partial charge in [0.1, 0.15) is 0 Å². The summed E-state index contributed by atoms with van der Waals surface area (Å²) in [4.78, 5) is 28.7. The first-order chi connectivity index (χ1) is 15.4. The summed E-state index contributed by atoms with van der Waals surface area (Å²) in [5, 5.41) is 7.29. The number of carbonyl (C=O) groups excluding carboxylic acids is 1. The SMILES string of the molecule is COc1ccc(NC(=O)c2ccc(N3CC(C)NC(C)C3)c3cnc(OC)nc23)c(C)n1. The van der Waals surface area contributed by atoms with Crippen LogP contribution in [0.25, 0.3) is 10.9 Å². The first kappa shape index (κ1) is 21.8. The molecule has 1 fully saturated rings. The Hall–Kier alpha value is -3.46. The van der Waals surface area contributed by atoms with Crippen molar-refractivity contribution in [2.24, 2.45) is 0 Å². The molecule has 3 aromatic rings. The fourth-order valence-corrected chi connectivity index (χ4v) is 4.14. The Morgan fingerprint density at radius 3 is 2.50 bits per heavy atom. The van der Waals surface area contributed by atoms with Crippen LogP contribution in [-0.2, 0) is 0 Å². The zero-order chi connectivity index (χ0) is 22.8. The second-order valence-electron chi connectivity index (χ2n) is 8.07. The zero-order valence-corrected chi connectivity index (χ0v) is 19.0. The van der Waals surface area contributed by atoms with E-state index in [0.29, 0.717) is 40.4 Å². The van der Waals surface area contributed by atoms with Gasteiger partial charge in [-0.2, -0.15) is 4.98 Å². The van der Waals surface area contributed by atoms with Crippen molar-refractivity contribution >= 4 is 28.2 Å². The highest BCUT2D eigenvalue weighted by Crippen LogP contribution is 2.31. The van der Waals surface area contributed by atoms with Crippen LogP contribution >= 0.6 is 0 Å². The molecule has 1 aliphatic heterocycles. The van der Waals surface area contributed by atoms with E-state index in [4.69, 9.17) is 9.47 Å². The van der Waals surface area contributed by atoms with Crippen LogP contribution in [0.4, 0.5) is 11.4 Å². The Bertz CT molecular complexity index is 1140. The standard InChI is InChI=1S/C23H28N6O3/c1-13-11-29(12-14(2)25-13)19-8-6-16(21-17(19)10-24-23(28-21)32-5)22(30)27-18-7-9-20(31-4)26-15(18)3/h6-10,13-14,25H,11-12H2,1-5H3,(H,27,30). The summed E-state index contributed by atoms with van der Waals surface area (Å²) in [7, 11) is 3.07. The number of aromatic nitrogens is 3. The molecule has 1 amide bonds. The Labute approximate surface area is 187 Å². The van der Waals surface area contributed by atoms with Crippen LogP contribution < -0.4 is 25.0 Å². The Balaban J connectivity index is 1.74. The molecule has 1 aromatic carbocycles. The van der Waals surface area contributed by atoms with Gasteiger partial charge in [0.15, 0.2) is 0 Å². The first-order valence-electron chi connectivity index (χ1n) is 10.6. The molecule has 0 saturated carbocycles. The monoisotopic (exact) mass is 436 g/mol. The molecule has 3 heterocycles. The average molecular weight is 437 g/mol. The summed E-state index contributed by atoms with van der Waals surface area (Å²) in [5.41, 5.74) is 3.26. The maximum absolute atomic E-state index is 13.2. The van der Waals surface area contributed by atoms with E-state index in [1.165, 1.54) is 7.11 Å².